The predicted molar refractivity (Wildman–Crippen MR) is 38.6 cm³/mol. The molecule has 0 saturated heterocycles. The Morgan fingerprint density at radius 1 is 1.60 bits per heavy atom. The lowest BCUT2D eigenvalue weighted by molar-refractivity contribution is 0.397. The number of aromatic nitrogens is 2. The Labute approximate surface area is 63.8 Å². The van der Waals surface area contributed by atoms with Gasteiger partial charge < -0.3 is 23.1 Å². The van der Waals surface area contributed by atoms with Crippen molar-refractivity contribution in [1.29, 1.82) is 0 Å². The van der Waals surface area contributed by atoms with E-state index < -0.39 is 0 Å². The van der Waals surface area contributed by atoms with Gasteiger partial charge in [-0.25, -0.2) is 4.98 Å². The van der Waals surface area contributed by atoms with Crippen molar-refractivity contribution in [3.8, 4) is 5.88 Å². The lowest BCUT2D eigenvalue weighted by Crippen LogP contribution is -1.98. The van der Waals surface area contributed by atoms with E-state index in [2.05, 4.69) is 9.97 Å². The molecule has 54 valence electrons. The molecule has 0 bridgehead atoms. The van der Waals surface area contributed by atoms with Gasteiger partial charge in [-0.05, 0) is 0 Å². The van der Waals surface area contributed by atoms with Gasteiger partial charge in [0.25, 0.3) is 0 Å². The van der Waals surface area contributed by atoms with E-state index in [0.29, 0.717) is 16.6 Å². The standard InChI is InChI=1S/C5H7N3OS/c1-9-4-3(6)5(10)8-2-7-4/h2H,6H2,1H3,(H,7,8,10)/p-1. The Morgan fingerprint density at radius 2 is 2.30 bits per heavy atom. The van der Waals surface area contributed by atoms with Crippen molar-refractivity contribution in [2.45, 2.75) is 5.03 Å². The molecule has 1 aromatic rings. The van der Waals surface area contributed by atoms with E-state index in [0.717, 1.165) is 0 Å². The van der Waals surface area contributed by atoms with Crippen LogP contribution in [0.2, 0.25) is 0 Å². The quantitative estimate of drug-likeness (QED) is 0.457. The summed E-state index contributed by atoms with van der Waals surface area (Å²) in [6.45, 7) is 0. The average Bonchev–Trinajstić information content (AvgIpc) is 1.95. The third-order valence-electron chi connectivity index (χ3n) is 1.00. The number of hydrogen-bond donors (Lipinski definition) is 1. The maximum atomic E-state index is 5.44. The number of nitrogens with two attached hydrogens (primary N) is 1. The highest BCUT2D eigenvalue weighted by Crippen LogP contribution is 2.18. The molecule has 0 fully saturated rings. The van der Waals surface area contributed by atoms with Gasteiger partial charge >= 0.3 is 0 Å². The van der Waals surface area contributed by atoms with Crippen LogP contribution in [0.5, 0.6) is 5.88 Å². The van der Waals surface area contributed by atoms with E-state index in [1.807, 2.05) is 0 Å². The van der Waals surface area contributed by atoms with Gasteiger partial charge in [0, 0.05) is 0 Å². The van der Waals surface area contributed by atoms with Crippen LogP contribution in [0.1, 0.15) is 0 Å². The molecule has 0 atom stereocenters. The fraction of sp³-hybridized carbons (Fsp3) is 0.200. The first kappa shape index (κ1) is 7.01. The van der Waals surface area contributed by atoms with Crippen molar-refractivity contribution in [3.05, 3.63) is 6.33 Å². The molecule has 0 aliphatic rings. The van der Waals surface area contributed by atoms with E-state index in [9.17, 15) is 0 Å². The third kappa shape index (κ3) is 1.08. The first-order valence-electron chi connectivity index (χ1n) is 2.57. The highest BCUT2D eigenvalue weighted by Gasteiger charge is 1.97. The van der Waals surface area contributed by atoms with Crippen molar-refractivity contribution in [2.75, 3.05) is 12.8 Å². The van der Waals surface area contributed by atoms with E-state index >= 15 is 0 Å². The number of hydrogen-bond acceptors (Lipinski definition) is 5. The molecular formula is C5H6N3OS-. The molecule has 0 saturated carbocycles. The maximum absolute atomic E-state index is 5.44. The smallest absolute Gasteiger partial charge is 0.238 e. The van der Waals surface area contributed by atoms with Gasteiger partial charge in [0.15, 0.2) is 0 Å². The van der Waals surface area contributed by atoms with E-state index in [-0.39, 0.29) is 0 Å². The number of ether oxygens (including phenoxy) is 1. The summed E-state index contributed by atoms with van der Waals surface area (Å²) in [5.41, 5.74) is 5.76. The van der Waals surface area contributed by atoms with Crippen LogP contribution in [0.3, 0.4) is 0 Å². The van der Waals surface area contributed by atoms with Gasteiger partial charge in [0.1, 0.15) is 6.33 Å². The van der Waals surface area contributed by atoms with Crippen LogP contribution < -0.4 is 10.5 Å². The van der Waals surface area contributed by atoms with Crippen LogP contribution in [-0.4, -0.2) is 17.1 Å². The molecule has 0 aliphatic carbocycles. The SMILES string of the molecule is COc1ncnc([S-])c1N. The number of anilines is 1. The van der Waals surface area contributed by atoms with E-state index in [1.54, 1.807) is 0 Å². The van der Waals surface area contributed by atoms with Crippen LogP contribution in [0.15, 0.2) is 11.4 Å². The zero-order valence-corrected chi connectivity index (χ0v) is 6.18. The Balaban J connectivity index is 3.14. The zero-order chi connectivity index (χ0) is 7.56. The minimum absolute atomic E-state index is 0.319. The second-order valence-electron chi connectivity index (χ2n) is 1.60. The van der Waals surface area contributed by atoms with Gasteiger partial charge in [-0.2, -0.15) is 0 Å². The monoisotopic (exact) mass is 156 g/mol. The van der Waals surface area contributed by atoms with Gasteiger partial charge in [-0.15, -0.1) is 0 Å². The van der Waals surface area contributed by atoms with E-state index in [1.165, 1.54) is 13.4 Å². The Morgan fingerprint density at radius 3 is 2.80 bits per heavy atom. The Bertz CT molecular complexity index is 240. The molecule has 1 rings (SSSR count). The number of methoxy groups -OCH3 is 1. The van der Waals surface area contributed by atoms with Gasteiger partial charge in [-0.1, -0.05) is 5.03 Å². The second kappa shape index (κ2) is 2.66. The number of rotatable bonds is 1. The number of nitrogens with zero attached hydrogens (tertiary/aromatic N) is 2. The summed E-state index contributed by atoms with van der Waals surface area (Å²) >= 11 is 4.75. The summed E-state index contributed by atoms with van der Waals surface area (Å²) in [5.74, 6) is 0.333. The van der Waals surface area contributed by atoms with Crippen molar-refractivity contribution < 1.29 is 4.74 Å². The molecule has 4 nitrogen and oxygen atoms in total. The molecule has 0 unspecified atom stereocenters. The lowest BCUT2D eigenvalue weighted by atomic mass is 10.5. The summed E-state index contributed by atoms with van der Waals surface area (Å²) in [7, 11) is 1.48. The van der Waals surface area contributed by atoms with Crippen molar-refractivity contribution >= 4 is 18.3 Å². The highest BCUT2D eigenvalue weighted by molar-refractivity contribution is 7.58. The van der Waals surface area contributed by atoms with Crippen LogP contribution in [0, 0.1) is 0 Å². The molecule has 0 amide bonds. The molecule has 0 radical (unpaired) electrons. The van der Waals surface area contributed by atoms with Gasteiger partial charge in [0.2, 0.25) is 5.88 Å². The van der Waals surface area contributed by atoms with Gasteiger partial charge in [0.05, 0.1) is 12.8 Å². The van der Waals surface area contributed by atoms with Crippen molar-refractivity contribution in [1.82, 2.24) is 9.97 Å². The molecule has 1 heterocycles. The maximum Gasteiger partial charge on any atom is 0.238 e. The van der Waals surface area contributed by atoms with Gasteiger partial charge in [-0.3, -0.25) is 4.98 Å². The van der Waals surface area contributed by atoms with Crippen molar-refractivity contribution in [3.63, 3.8) is 0 Å². The first-order chi connectivity index (χ1) is 4.75. The highest BCUT2D eigenvalue weighted by atomic mass is 32.1. The lowest BCUT2D eigenvalue weighted by Gasteiger charge is -2.09. The van der Waals surface area contributed by atoms with Crippen LogP contribution >= 0.6 is 0 Å². The Hall–Kier alpha value is -1.10. The predicted octanol–water partition coefficient (Wildman–Crippen LogP) is -0.0268. The fourth-order valence-electron chi connectivity index (χ4n) is 0.527. The zero-order valence-electron chi connectivity index (χ0n) is 5.37. The average molecular weight is 156 g/mol. The van der Waals surface area contributed by atoms with E-state index in [4.69, 9.17) is 23.1 Å². The summed E-state index contributed by atoms with van der Waals surface area (Å²) in [5, 5.41) is 0.326. The first-order valence-corrected chi connectivity index (χ1v) is 2.98. The molecular weight excluding hydrogens is 150 g/mol. The molecule has 0 spiro atoms. The molecule has 2 N–H and O–H groups in total. The van der Waals surface area contributed by atoms with Crippen molar-refractivity contribution in [2.24, 2.45) is 0 Å². The van der Waals surface area contributed by atoms with Crippen LogP contribution in [0.4, 0.5) is 5.69 Å². The molecule has 1 aromatic heterocycles. The topological polar surface area (TPSA) is 61.0 Å². The normalized spacial score (nSPS) is 9.30. The summed E-state index contributed by atoms with van der Waals surface area (Å²) in [4.78, 5) is 7.42. The largest absolute Gasteiger partial charge is 0.758 e. The van der Waals surface area contributed by atoms with Crippen LogP contribution in [-0.2, 0) is 12.6 Å². The molecule has 10 heavy (non-hydrogen) atoms. The summed E-state index contributed by atoms with van der Waals surface area (Å²) in [6, 6.07) is 0. The minimum atomic E-state index is 0.319. The molecule has 0 aromatic carbocycles. The third-order valence-corrected chi connectivity index (χ3v) is 1.33. The number of nitrogen functional groups attached to an aromatic ring is 1. The summed E-state index contributed by atoms with van der Waals surface area (Å²) in [6.07, 6.45) is 1.32. The second-order valence-corrected chi connectivity index (χ2v) is 1.99. The fourth-order valence-corrected chi connectivity index (χ4v) is 0.661. The Kier molecular flexibility index (Phi) is 1.86. The van der Waals surface area contributed by atoms with Crippen LogP contribution in [0.25, 0.3) is 0 Å². The summed E-state index contributed by atoms with van der Waals surface area (Å²) < 4.78 is 4.78. The minimum Gasteiger partial charge on any atom is -0.758 e. The molecule has 5 heteroatoms. The molecule has 0 aliphatic heterocycles.